The molecule has 1 saturated heterocycles. The van der Waals surface area contributed by atoms with Crippen LogP contribution in [0.15, 0.2) is 71.7 Å². The second kappa shape index (κ2) is 15.4. The van der Waals surface area contributed by atoms with Crippen LogP contribution in [-0.2, 0) is 0 Å². The summed E-state index contributed by atoms with van der Waals surface area (Å²) in [6, 6.07) is 13.4. The van der Waals surface area contributed by atoms with Gasteiger partial charge in [-0.1, -0.05) is 19.1 Å². The van der Waals surface area contributed by atoms with E-state index < -0.39 is 29.5 Å². The van der Waals surface area contributed by atoms with Crippen molar-refractivity contribution in [3.8, 4) is 34.4 Å². The van der Waals surface area contributed by atoms with Crippen molar-refractivity contribution in [2.45, 2.75) is 51.4 Å². The number of alkyl halides is 3. The van der Waals surface area contributed by atoms with Crippen LogP contribution in [0.25, 0.3) is 16.6 Å². The van der Waals surface area contributed by atoms with E-state index in [1.807, 2.05) is 0 Å². The summed E-state index contributed by atoms with van der Waals surface area (Å²) in [4.78, 5) is 33.7. The van der Waals surface area contributed by atoms with Crippen molar-refractivity contribution in [1.29, 1.82) is 0 Å². The van der Waals surface area contributed by atoms with E-state index in [1.165, 1.54) is 56.5 Å². The average molecular weight is 751 g/mol. The van der Waals surface area contributed by atoms with Gasteiger partial charge in [0, 0.05) is 42.0 Å². The van der Waals surface area contributed by atoms with Crippen LogP contribution in [-0.4, -0.2) is 69.9 Å². The quantitative estimate of drug-likeness (QED) is 0.0963. The van der Waals surface area contributed by atoms with Gasteiger partial charge in [-0.05, 0) is 87.5 Å². The lowest BCUT2D eigenvalue weighted by atomic mass is 9.99. The number of aromatic nitrogens is 4. The molecule has 0 bridgehead atoms. The van der Waals surface area contributed by atoms with Crippen molar-refractivity contribution in [1.82, 2.24) is 24.2 Å². The van der Waals surface area contributed by atoms with Gasteiger partial charge in [0.15, 0.2) is 28.8 Å². The summed E-state index contributed by atoms with van der Waals surface area (Å²) in [5, 5.41) is 7.16. The van der Waals surface area contributed by atoms with E-state index in [0.29, 0.717) is 52.3 Å². The van der Waals surface area contributed by atoms with E-state index >= 15 is 4.39 Å². The standard InChI is InChI=1S/C38H38F4N6O6/c1-23-13-17-46(18-14-23)16-5-19-52-34-22-28-26(21-33(34)51-2)30(12-15-43-28)53-31-11-8-24(20-27(31)39)44-36(49)35-45-48(37(50)47(35)25-9-10-25)29-6-3-4-7-32(29)54-38(40,41)42/h3-4,6-8,11-12,15,20-23,25H,5,9-10,13-14,16-19H2,1-2H3,(H,44,49). The van der Waals surface area contributed by atoms with E-state index in [1.54, 1.807) is 18.2 Å². The molecule has 2 fully saturated rings. The van der Waals surface area contributed by atoms with Gasteiger partial charge in [-0.15, -0.1) is 18.3 Å². The molecule has 2 aliphatic rings. The largest absolute Gasteiger partial charge is 0.573 e. The van der Waals surface area contributed by atoms with Gasteiger partial charge in [0.05, 0.1) is 19.2 Å². The lowest BCUT2D eigenvalue weighted by molar-refractivity contribution is -0.274. The molecule has 0 spiro atoms. The monoisotopic (exact) mass is 750 g/mol. The van der Waals surface area contributed by atoms with Crippen molar-refractivity contribution < 1.29 is 41.3 Å². The molecular weight excluding hydrogens is 712 g/mol. The molecule has 2 aromatic heterocycles. The van der Waals surface area contributed by atoms with Gasteiger partial charge in [0.25, 0.3) is 5.91 Å². The zero-order valence-electron chi connectivity index (χ0n) is 29.6. The molecule has 1 amide bonds. The number of hydrogen-bond acceptors (Lipinski definition) is 9. The number of rotatable bonds is 13. The zero-order valence-corrected chi connectivity index (χ0v) is 29.6. The Morgan fingerprint density at radius 1 is 0.944 bits per heavy atom. The fourth-order valence-corrected chi connectivity index (χ4v) is 6.41. The van der Waals surface area contributed by atoms with Crippen LogP contribution in [0.4, 0.5) is 23.2 Å². The number of anilines is 1. The number of methoxy groups -OCH3 is 1. The van der Waals surface area contributed by atoms with Gasteiger partial charge in [-0.3, -0.25) is 14.3 Å². The van der Waals surface area contributed by atoms with Crippen molar-refractivity contribution in [2.24, 2.45) is 5.92 Å². The van der Waals surface area contributed by atoms with Gasteiger partial charge in [0.1, 0.15) is 11.4 Å². The van der Waals surface area contributed by atoms with Gasteiger partial charge in [0.2, 0.25) is 5.82 Å². The van der Waals surface area contributed by atoms with E-state index in [4.69, 9.17) is 14.2 Å². The Balaban J connectivity index is 1.06. The molecule has 1 aliphatic heterocycles. The van der Waals surface area contributed by atoms with Crippen molar-refractivity contribution in [3.05, 3.63) is 89.0 Å². The van der Waals surface area contributed by atoms with Crippen LogP contribution in [0.3, 0.4) is 0 Å². The van der Waals surface area contributed by atoms with Crippen molar-refractivity contribution >= 4 is 22.5 Å². The summed E-state index contributed by atoms with van der Waals surface area (Å²) in [6.45, 7) is 5.96. The van der Waals surface area contributed by atoms with E-state index in [9.17, 15) is 22.8 Å². The molecule has 0 atom stereocenters. The molecule has 284 valence electrons. The molecule has 3 heterocycles. The molecule has 1 aliphatic carbocycles. The Labute approximate surface area is 307 Å². The third kappa shape index (κ3) is 8.28. The maximum atomic E-state index is 15.5. The number of amides is 1. The third-order valence-electron chi connectivity index (χ3n) is 9.39. The Hall–Kier alpha value is -5.64. The van der Waals surface area contributed by atoms with E-state index in [0.717, 1.165) is 48.7 Å². The van der Waals surface area contributed by atoms with Crippen LogP contribution in [0.1, 0.15) is 55.7 Å². The van der Waals surface area contributed by atoms with Crippen LogP contribution < -0.4 is 30.0 Å². The molecule has 5 aromatic rings. The lowest BCUT2D eigenvalue weighted by Gasteiger charge is -2.30. The minimum atomic E-state index is -5.03. The maximum Gasteiger partial charge on any atom is 0.573 e. The molecule has 16 heteroatoms. The minimum Gasteiger partial charge on any atom is -0.493 e. The first-order chi connectivity index (χ1) is 26.0. The predicted molar refractivity (Wildman–Crippen MR) is 190 cm³/mol. The number of ether oxygens (including phenoxy) is 4. The third-order valence-corrected chi connectivity index (χ3v) is 9.39. The van der Waals surface area contributed by atoms with Crippen molar-refractivity contribution in [3.63, 3.8) is 0 Å². The second-order valence-corrected chi connectivity index (χ2v) is 13.4. The molecule has 3 aromatic carbocycles. The molecule has 1 saturated carbocycles. The Bertz CT molecular complexity index is 2210. The van der Waals surface area contributed by atoms with Crippen molar-refractivity contribution in [2.75, 3.05) is 38.7 Å². The Kier molecular flexibility index (Phi) is 10.5. The highest BCUT2D eigenvalue weighted by atomic mass is 19.4. The average Bonchev–Trinajstić information content (AvgIpc) is 3.92. The number of carbonyl (C=O) groups is 1. The fourth-order valence-electron chi connectivity index (χ4n) is 6.41. The molecule has 0 unspecified atom stereocenters. The molecule has 0 radical (unpaired) electrons. The fraction of sp³-hybridized carbons (Fsp3) is 0.368. The molecule has 54 heavy (non-hydrogen) atoms. The molecular formula is C38H38F4N6O6. The van der Waals surface area contributed by atoms with Gasteiger partial charge < -0.3 is 29.2 Å². The molecule has 12 nitrogen and oxygen atoms in total. The SMILES string of the molecule is COc1cc2c(Oc3ccc(NC(=O)c4nn(-c5ccccc5OC(F)(F)F)c(=O)n4C4CC4)cc3F)ccnc2cc1OCCCN1CCC(C)CC1. The van der Waals surface area contributed by atoms with Crippen LogP contribution in [0.5, 0.6) is 28.7 Å². The minimum absolute atomic E-state index is 0.0212. The first-order valence-corrected chi connectivity index (χ1v) is 17.6. The first kappa shape index (κ1) is 36.7. The second-order valence-electron chi connectivity index (χ2n) is 13.4. The number of para-hydroxylation sites is 2. The number of nitrogens with zero attached hydrogens (tertiary/aromatic N) is 5. The number of fused-ring (bicyclic) bond motifs is 1. The number of hydrogen-bond donors (Lipinski definition) is 1. The topological polar surface area (TPSA) is 122 Å². The number of piperidine rings is 1. The number of carbonyl (C=O) groups excluding carboxylic acids is 1. The summed E-state index contributed by atoms with van der Waals surface area (Å²) < 4.78 is 78.3. The summed E-state index contributed by atoms with van der Waals surface area (Å²) >= 11 is 0. The summed E-state index contributed by atoms with van der Waals surface area (Å²) in [6.07, 6.45) is 0.924. The number of likely N-dealkylation sites (tertiary alicyclic amines) is 1. The summed E-state index contributed by atoms with van der Waals surface area (Å²) in [7, 11) is 1.53. The summed E-state index contributed by atoms with van der Waals surface area (Å²) in [5.74, 6) is -0.778. The summed E-state index contributed by atoms with van der Waals surface area (Å²) in [5.41, 5.74) is -0.554. The van der Waals surface area contributed by atoms with E-state index in [-0.39, 0.29) is 29.0 Å². The number of nitrogens with one attached hydrogen (secondary N) is 1. The zero-order chi connectivity index (χ0) is 38.0. The Morgan fingerprint density at radius 2 is 1.72 bits per heavy atom. The van der Waals surface area contributed by atoms with Gasteiger partial charge in [-0.2, -0.15) is 4.68 Å². The van der Waals surface area contributed by atoms with Crippen LogP contribution in [0, 0.1) is 11.7 Å². The molecule has 1 N–H and O–H groups in total. The lowest BCUT2D eigenvalue weighted by Crippen LogP contribution is -2.34. The highest BCUT2D eigenvalue weighted by Crippen LogP contribution is 2.39. The highest BCUT2D eigenvalue weighted by Gasteiger charge is 2.35. The maximum absolute atomic E-state index is 15.5. The van der Waals surface area contributed by atoms with Gasteiger partial charge in [-0.25, -0.2) is 9.18 Å². The Morgan fingerprint density at radius 3 is 2.44 bits per heavy atom. The predicted octanol–water partition coefficient (Wildman–Crippen LogP) is 7.51. The van der Waals surface area contributed by atoms with Crippen LogP contribution in [0.2, 0.25) is 0 Å². The van der Waals surface area contributed by atoms with Gasteiger partial charge >= 0.3 is 12.1 Å². The first-order valence-electron chi connectivity index (χ1n) is 17.6. The van der Waals surface area contributed by atoms with E-state index in [2.05, 4.69) is 32.0 Å². The molecule has 7 rings (SSSR count). The van der Waals surface area contributed by atoms with Crippen LogP contribution >= 0.6 is 0 Å². The number of benzene rings is 3. The highest BCUT2D eigenvalue weighted by molar-refractivity contribution is 6.01. The number of halogens is 4. The number of pyridine rings is 1. The normalized spacial score (nSPS) is 15.3. The smallest absolute Gasteiger partial charge is 0.493 e.